The second-order valence-corrected chi connectivity index (χ2v) is 14.0. The van der Waals surface area contributed by atoms with E-state index in [2.05, 4.69) is 170 Å². The van der Waals surface area contributed by atoms with E-state index in [0.717, 1.165) is 11.9 Å². The summed E-state index contributed by atoms with van der Waals surface area (Å²) in [5.74, 6) is 2.05. The van der Waals surface area contributed by atoms with Gasteiger partial charge in [0.25, 0.3) is 5.96 Å². The predicted octanol–water partition coefficient (Wildman–Crippen LogP) is 5.44. The Hall–Kier alpha value is -4.32. The molecule has 0 saturated heterocycles. The van der Waals surface area contributed by atoms with Gasteiger partial charge in [-0.1, -0.05) is 160 Å². The fraction of sp³-hybridized carbons (Fsp3) is 0.381. The van der Waals surface area contributed by atoms with Crippen LogP contribution in [0.1, 0.15) is 64.2 Å². The maximum absolute atomic E-state index is 5.05. The highest BCUT2D eigenvalue weighted by Gasteiger charge is 2.31. The molecule has 48 heavy (non-hydrogen) atoms. The smallest absolute Gasteiger partial charge is 0.340 e. The SMILES string of the molecule is CN(C)C(NC(=NC1CCCCC1)NC1CCCCC1)=[N+](C)C.c1ccc([B-](c2ccccc2)(c2ccccc2)c2ccccc2)cc1. The number of hydrogen-bond donors (Lipinski definition) is 2. The Morgan fingerprint density at radius 2 is 0.958 bits per heavy atom. The molecule has 2 saturated carbocycles. The van der Waals surface area contributed by atoms with Crippen LogP contribution in [-0.2, 0) is 0 Å². The molecule has 0 unspecified atom stereocenters. The summed E-state index contributed by atoms with van der Waals surface area (Å²) in [5.41, 5.74) is 5.36. The largest absolute Gasteiger partial charge is 0.354 e. The van der Waals surface area contributed by atoms with Crippen LogP contribution in [0.4, 0.5) is 0 Å². The van der Waals surface area contributed by atoms with E-state index >= 15 is 0 Å². The zero-order valence-electron chi connectivity index (χ0n) is 29.7. The van der Waals surface area contributed by atoms with Crippen molar-refractivity contribution < 1.29 is 4.58 Å². The first-order valence-electron chi connectivity index (χ1n) is 18.2. The minimum absolute atomic E-state index is 0.480. The van der Waals surface area contributed by atoms with Crippen molar-refractivity contribution in [1.29, 1.82) is 0 Å². The lowest BCUT2D eigenvalue weighted by molar-refractivity contribution is -0.471. The van der Waals surface area contributed by atoms with Crippen LogP contribution < -0.4 is 32.5 Å². The number of aliphatic imine (C=N–C) groups is 1. The van der Waals surface area contributed by atoms with Gasteiger partial charge in [0.1, 0.15) is 6.15 Å². The molecule has 2 aliphatic carbocycles. The van der Waals surface area contributed by atoms with Crippen molar-refractivity contribution >= 4 is 39.9 Å². The number of nitrogens with zero attached hydrogens (tertiary/aromatic N) is 3. The fourth-order valence-electron chi connectivity index (χ4n) is 7.79. The van der Waals surface area contributed by atoms with Crippen LogP contribution in [0.2, 0.25) is 0 Å². The second-order valence-electron chi connectivity index (χ2n) is 14.0. The van der Waals surface area contributed by atoms with Crippen LogP contribution in [0.25, 0.3) is 0 Å². The zero-order valence-corrected chi connectivity index (χ0v) is 29.7. The number of rotatable bonds is 6. The van der Waals surface area contributed by atoms with Gasteiger partial charge in [0, 0.05) is 6.04 Å². The molecule has 6 heteroatoms. The minimum Gasteiger partial charge on any atom is -0.340 e. The molecule has 0 spiro atoms. The molecule has 2 aliphatic rings. The molecule has 6 rings (SSSR count). The molecule has 0 aliphatic heterocycles. The topological polar surface area (TPSA) is 42.7 Å². The van der Waals surface area contributed by atoms with Crippen molar-refractivity contribution in [2.45, 2.75) is 76.3 Å². The van der Waals surface area contributed by atoms with E-state index in [-0.39, 0.29) is 0 Å². The monoisotopic (exact) mass is 641 g/mol. The number of benzene rings is 4. The third kappa shape index (κ3) is 8.97. The molecule has 0 radical (unpaired) electrons. The highest BCUT2D eigenvalue weighted by molar-refractivity contribution is 7.19. The average Bonchev–Trinajstić information content (AvgIpc) is 3.14. The van der Waals surface area contributed by atoms with E-state index in [9.17, 15) is 0 Å². The first kappa shape index (κ1) is 35.0. The lowest BCUT2D eigenvalue weighted by Gasteiger charge is -2.44. The zero-order chi connectivity index (χ0) is 33.6. The van der Waals surface area contributed by atoms with E-state index in [0.29, 0.717) is 12.1 Å². The van der Waals surface area contributed by atoms with Crippen molar-refractivity contribution in [2.75, 3.05) is 28.2 Å². The lowest BCUT2D eigenvalue weighted by Crippen LogP contribution is -2.74. The van der Waals surface area contributed by atoms with Gasteiger partial charge in [-0.2, -0.15) is 21.9 Å². The van der Waals surface area contributed by atoms with E-state index in [1.54, 1.807) is 0 Å². The van der Waals surface area contributed by atoms with Gasteiger partial charge in [-0.3, -0.25) is 9.48 Å². The van der Waals surface area contributed by atoms with Crippen molar-refractivity contribution in [3.05, 3.63) is 121 Å². The highest BCUT2D eigenvalue weighted by Crippen LogP contribution is 2.21. The summed E-state index contributed by atoms with van der Waals surface area (Å²) in [6.07, 6.45) is 11.9. The summed E-state index contributed by atoms with van der Waals surface area (Å²) in [4.78, 5) is 7.16. The van der Waals surface area contributed by atoms with Gasteiger partial charge in [-0.05, 0) is 25.7 Å². The third-order valence-corrected chi connectivity index (χ3v) is 10.1. The van der Waals surface area contributed by atoms with Crippen LogP contribution in [0, 0.1) is 0 Å². The summed E-state index contributed by atoms with van der Waals surface area (Å²) in [7, 11) is 8.28. The van der Waals surface area contributed by atoms with E-state index < -0.39 is 6.15 Å². The minimum atomic E-state index is -1.22. The van der Waals surface area contributed by atoms with Crippen molar-refractivity contribution in [2.24, 2.45) is 4.99 Å². The second kappa shape index (κ2) is 17.7. The average molecular weight is 642 g/mol. The molecule has 252 valence electrons. The maximum atomic E-state index is 5.05. The quantitative estimate of drug-likeness (QED) is 0.128. The Bertz CT molecular complexity index is 1390. The molecule has 2 N–H and O–H groups in total. The summed E-state index contributed by atoms with van der Waals surface area (Å²) in [5, 5.41) is 7.26. The van der Waals surface area contributed by atoms with Crippen LogP contribution in [0.15, 0.2) is 126 Å². The maximum Gasteiger partial charge on any atom is 0.354 e. The molecule has 0 heterocycles. The Morgan fingerprint density at radius 3 is 1.31 bits per heavy atom. The summed E-state index contributed by atoms with van der Waals surface area (Å²) in [6, 6.07) is 44.6. The van der Waals surface area contributed by atoms with Crippen LogP contribution in [0.3, 0.4) is 0 Å². The Kier molecular flexibility index (Phi) is 12.9. The summed E-state index contributed by atoms with van der Waals surface area (Å²) >= 11 is 0. The first-order chi connectivity index (χ1) is 23.5. The Morgan fingerprint density at radius 1 is 0.583 bits per heavy atom. The number of hydrogen-bond acceptors (Lipinski definition) is 1. The molecule has 5 nitrogen and oxygen atoms in total. The van der Waals surface area contributed by atoms with Crippen molar-refractivity contribution in [3.8, 4) is 0 Å². The number of nitrogens with one attached hydrogen (secondary N) is 2. The first-order valence-corrected chi connectivity index (χ1v) is 18.2. The van der Waals surface area contributed by atoms with E-state index in [4.69, 9.17) is 4.99 Å². The van der Waals surface area contributed by atoms with Gasteiger partial charge in [0.2, 0.25) is 0 Å². The lowest BCUT2D eigenvalue weighted by atomic mass is 9.13. The van der Waals surface area contributed by atoms with Crippen LogP contribution in [-0.4, -0.2) is 67.8 Å². The summed E-state index contributed by atoms with van der Waals surface area (Å²) in [6.45, 7) is 0. The van der Waals surface area contributed by atoms with Gasteiger partial charge in [0.15, 0.2) is 0 Å². The van der Waals surface area contributed by atoms with Crippen LogP contribution in [0.5, 0.6) is 0 Å². The third-order valence-electron chi connectivity index (χ3n) is 10.1. The molecular formula is C42H56BN5. The van der Waals surface area contributed by atoms with Gasteiger partial charge in [-0.15, -0.1) is 0 Å². The molecule has 0 atom stereocenters. The summed E-state index contributed by atoms with van der Waals surface area (Å²) < 4.78 is 2.11. The predicted molar refractivity (Wildman–Crippen MR) is 208 cm³/mol. The standard InChI is InChI=1S/C24H20B.C18H35N5/c1-5-13-21(14-6-1)25(22-15-7-2-8-16-22,23-17-9-3-10-18-23)24-19-11-4-12-20-24;1-22(2)18(23(3)4)21-17(19-15-11-7-5-8-12-15)20-16-13-9-6-10-14-16/h1-20H;15-16H,5-14H2,1-4H3,(H,19,20)/q-1;/p+1. The van der Waals surface area contributed by atoms with Crippen LogP contribution >= 0.6 is 0 Å². The molecule has 0 bridgehead atoms. The molecule has 0 aromatic heterocycles. The number of guanidine groups is 2. The van der Waals surface area contributed by atoms with Crippen molar-refractivity contribution in [1.82, 2.24) is 15.5 Å². The van der Waals surface area contributed by atoms with Gasteiger partial charge in [0.05, 0.1) is 34.2 Å². The molecular weight excluding hydrogens is 585 g/mol. The molecule has 4 aromatic rings. The molecule has 0 amide bonds. The van der Waals surface area contributed by atoms with Crippen molar-refractivity contribution in [3.63, 3.8) is 0 Å². The highest BCUT2D eigenvalue weighted by atomic mass is 15.4. The van der Waals surface area contributed by atoms with Gasteiger partial charge in [-0.25, -0.2) is 10.3 Å². The van der Waals surface area contributed by atoms with E-state index in [1.807, 2.05) is 0 Å². The Balaban J connectivity index is 0.000000189. The molecule has 4 aromatic carbocycles. The Labute approximate surface area is 290 Å². The van der Waals surface area contributed by atoms with Gasteiger partial charge < -0.3 is 5.32 Å². The van der Waals surface area contributed by atoms with E-state index in [1.165, 1.54) is 86.1 Å². The molecule has 2 fully saturated rings. The normalized spacial score (nSPS) is 15.9. The van der Waals surface area contributed by atoms with Gasteiger partial charge >= 0.3 is 5.96 Å². The fourth-order valence-corrected chi connectivity index (χ4v) is 7.79.